The van der Waals surface area contributed by atoms with Gasteiger partial charge in [0, 0.05) is 34.9 Å². The summed E-state index contributed by atoms with van der Waals surface area (Å²) in [6, 6.07) is 24.2. The minimum Gasteiger partial charge on any atom is -0.261 e. The molecule has 2 nitrogen and oxygen atoms in total. The van der Waals surface area contributed by atoms with E-state index in [0.717, 1.165) is 22.5 Å². The van der Waals surface area contributed by atoms with Gasteiger partial charge in [0.25, 0.3) is 0 Å². The molecular formula is C33H38N2. The van der Waals surface area contributed by atoms with Crippen molar-refractivity contribution in [3.63, 3.8) is 0 Å². The first-order chi connectivity index (χ1) is 16.2. The Hall–Kier alpha value is -4.14. The van der Waals surface area contributed by atoms with E-state index in [9.17, 15) is 0 Å². The molecule has 0 saturated heterocycles. The normalized spacial score (nSPS) is 8.57. The van der Waals surface area contributed by atoms with Crippen LogP contribution in [0.4, 0.5) is 0 Å². The maximum absolute atomic E-state index is 5.15. The molecule has 4 aromatic rings. The van der Waals surface area contributed by atoms with E-state index in [2.05, 4.69) is 66.0 Å². The molecule has 4 rings (SSSR count). The van der Waals surface area contributed by atoms with Crippen LogP contribution in [0.25, 0.3) is 0 Å². The van der Waals surface area contributed by atoms with Gasteiger partial charge in [-0.3, -0.25) is 9.97 Å². The van der Waals surface area contributed by atoms with Crippen LogP contribution in [0.5, 0.6) is 0 Å². The monoisotopic (exact) mass is 462 g/mol. The number of terminal acetylenes is 2. The SMILES string of the molecule is C.C#Cc1ccc(C)cc1.C#Cc1ccc(C)nc1.Cc1ccc(C)cc1.Cc1ccc(C)nc1. The summed E-state index contributed by atoms with van der Waals surface area (Å²) in [5.41, 5.74) is 8.97. The zero-order chi connectivity index (χ0) is 25.3. The molecule has 2 aromatic carbocycles. The molecule has 0 aliphatic carbocycles. The van der Waals surface area contributed by atoms with Gasteiger partial charge in [0.15, 0.2) is 0 Å². The summed E-state index contributed by atoms with van der Waals surface area (Å²) in [5, 5.41) is 0. The first kappa shape index (κ1) is 30.9. The molecule has 2 heteroatoms. The predicted molar refractivity (Wildman–Crippen MR) is 152 cm³/mol. The summed E-state index contributed by atoms with van der Waals surface area (Å²) in [6.45, 7) is 12.2. The van der Waals surface area contributed by atoms with Gasteiger partial charge in [-0.1, -0.05) is 78.4 Å². The highest BCUT2D eigenvalue weighted by atomic mass is 14.7. The number of hydrogen-bond donors (Lipinski definition) is 0. The van der Waals surface area contributed by atoms with Crippen molar-refractivity contribution in [1.29, 1.82) is 0 Å². The van der Waals surface area contributed by atoms with E-state index in [-0.39, 0.29) is 7.43 Å². The number of rotatable bonds is 0. The third-order valence-corrected chi connectivity index (χ3v) is 4.57. The van der Waals surface area contributed by atoms with Crippen LogP contribution in [-0.2, 0) is 0 Å². The fraction of sp³-hybridized carbons (Fsp3) is 0.212. The summed E-state index contributed by atoms with van der Waals surface area (Å²) >= 11 is 0. The van der Waals surface area contributed by atoms with Crippen LogP contribution in [0.3, 0.4) is 0 Å². The second-order valence-electron chi connectivity index (χ2n) is 7.97. The molecule has 2 heterocycles. The summed E-state index contributed by atoms with van der Waals surface area (Å²) in [7, 11) is 0. The third-order valence-electron chi connectivity index (χ3n) is 4.57. The van der Waals surface area contributed by atoms with Gasteiger partial charge >= 0.3 is 0 Å². The van der Waals surface area contributed by atoms with Crippen molar-refractivity contribution in [2.75, 3.05) is 0 Å². The van der Waals surface area contributed by atoms with Crippen LogP contribution in [0.1, 0.15) is 52.2 Å². The van der Waals surface area contributed by atoms with Crippen molar-refractivity contribution >= 4 is 0 Å². The first-order valence-corrected chi connectivity index (χ1v) is 11.1. The van der Waals surface area contributed by atoms with E-state index in [1.807, 2.05) is 76.4 Å². The Bertz CT molecular complexity index is 1030. The average molecular weight is 463 g/mol. The largest absolute Gasteiger partial charge is 0.261 e. The van der Waals surface area contributed by atoms with Crippen molar-refractivity contribution in [3.05, 3.63) is 130 Å². The number of benzene rings is 2. The fourth-order valence-corrected chi connectivity index (χ4v) is 2.38. The van der Waals surface area contributed by atoms with E-state index in [4.69, 9.17) is 12.8 Å². The van der Waals surface area contributed by atoms with Gasteiger partial charge in [-0.2, -0.15) is 0 Å². The van der Waals surface area contributed by atoms with Crippen molar-refractivity contribution in [2.45, 2.75) is 49.0 Å². The minimum atomic E-state index is 0. The van der Waals surface area contributed by atoms with Gasteiger partial charge in [-0.25, -0.2) is 0 Å². The summed E-state index contributed by atoms with van der Waals surface area (Å²) in [6.07, 6.45) is 13.8. The van der Waals surface area contributed by atoms with Crippen LogP contribution in [0.15, 0.2) is 85.2 Å². The number of aromatic nitrogens is 2. The van der Waals surface area contributed by atoms with E-state index >= 15 is 0 Å². The zero-order valence-corrected chi connectivity index (χ0v) is 21.1. The van der Waals surface area contributed by atoms with Crippen molar-refractivity contribution in [2.24, 2.45) is 0 Å². The second kappa shape index (κ2) is 17.4. The summed E-state index contributed by atoms with van der Waals surface area (Å²) in [5.74, 6) is 5.05. The van der Waals surface area contributed by atoms with Crippen LogP contribution in [-0.4, -0.2) is 9.97 Å². The lowest BCUT2D eigenvalue weighted by atomic mass is 10.2. The lowest BCUT2D eigenvalue weighted by Gasteiger charge is -1.90. The van der Waals surface area contributed by atoms with Gasteiger partial charge in [0.2, 0.25) is 0 Å². The number of aryl methyl sites for hydroxylation is 6. The Kier molecular flexibility index (Phi) is 15.3. The molecule has 0 fully saturated rings. The highest BCUT2D eigenvalue weighted by Gasteiger charge is 1.85. The van der Waals surface area contributed by atoms with Crippen molar-refractivity contribution < 1.29 is 0 Å². The molecule has 2 aromatic heterocycles. The lowest BCUT2D eigenvalue weighted by Crippen LogP contribution is -1.79. The molecule has 0 aliphatic heterocycles. The van der Waals surface area contributed by atoms with Crippen LogP contribution < -0.4 is 0 Å². The molecule has 0 saturated carbocycles. The Morgan fingerprint density at radius 2 is 0.800 bits per heavy atom. The molecule has 0 N–H and O–H groups in total. The highest BCUT2D eigenvalue weighted by molar-refractivity contribution is 5.33. The smallest absolute Gasteiger partial charge is 0.0427 e. The molecule has 0 spiro atoms. The molecule has 0 radical (unpaired) electrons. The fourth-order valence-electron chi connectivity index (χ4n) is 2.38. The average Bonchev–Trinajstić information content (AvgIpc) is 2.85. The topological polar surface area (TPSA) is 25.8 Å². The summed E-state index contributed by atoms with van der Waals surface area (Å²) in [4.78, 5) is 8.09. The molecule has 0 amide bonds. The van der Waals surface area contributed by atoms with Gasteiger partial charge in [0.1, 0.15) is 0 Å². The Labute approximate surface area is 213 Å². The van der Waals surface area contributed by atoms with Gasteiger partial charge < -0.3 is 0 Å². The molecule has 0 aliphatic rings. The molecule has 35 heavy (non-hydrogen) atoms. The third kappa shape index (κ3) is 14.6. The van der Waals surface area contributed by atoms with Crippen LogP contribution >= 0.6 is 0 Å². The Morgan fingerprint density at radius 3 is 1.11 bits per heavy atom. The van der Waals surface area contributed by atoms with Gasteiger partial charge in [-0.15, -0.1) is 12.8 Å². The van der Waals surface area contributed by atoms with Crippen LogP contribution in [0, 0.1) is 66.2 Å². The quantitative estimate of drug-likeness (QED) is 0.248. The highest BCUT2D eigenvalue weighted by Crippen LogP contribution is 2.00. The summed E-state index contributed by atoms with van der Waals surface area (Å²) < 4.78 is 0. The number of pyridine rings is 2. The standard InChI is InChI=1S/C9H8.C8H7N.C8H10.C7H9N.CH4/c1-3-9-6-4-8(2)5-7-9;1-3-8-5-4-7(2)9-6-8;1-7-3-5-8(2)6-4-7;1-6-3-4-7(2)8-5-6;/h1,4-7H,2H3;1,4-6H,2H3;3-6H,1-2H3;3-5H,1-2H3;1H4. The maximum atomic E-state index is 5.15. The van der Waals surface area contributed by atoms with Gasteiger partial charge in [0.05, 0.1) is 0 Å². The molecule has 0 bridgehead atoms. The number of hydrogen-bond acceptors (Lipinski definition) is 2. The first-order valence-electron chi connectivity index (χ1n) is 11.1. The predicted octanol–water partition coefficient (Wildman–Crippen LogP) is 7.99. The van der Waals surface area contributed by atoms with E-state index < -0.39 is 0 Å². The zero-order valence-electron chi connectivity index (χ0n) is 21.1. The van der Waals surface area contributed by atoms with E-state index in [0.29, 0.717) is 0 Å². The van der Waals surface area contributed by atoms with E-state index in [1.54, 1.807) is 6.20 Å². The van der Waals surface area contributed by atoms with Gasteiger partial charge in [-0.05, 0) is 77.4 Å². The van der Waals surface area contributed by atoms with E-state index in [1.165, 1.54) is 22.3 Å². The minimum absolute atomic E-state index is 0. The molecule has 180 valence electrons. The Balaban J connectivity index is 0.000000437. The molecule has 0 atom stereocenters. The molecular weight excluding hydrogens is 424 g/mol. The van der Waals surface area contributed by atoms with Crippen molar-refractivity contribution in [1.82, 2.24) is 9.97 Å². The lowest BCUT2D eigenvalue weighted by molar-refractivity contribution is 1.17. The second-order valence-corrected chi connectivity index (χ2v) is 7.97. The van der Waals surface area contributed by atoms with Crippen LogP contribution in [0.2, 0.25) is 0 Å². The maximum Gasteiger partial charge on any atom is 0.0427 e. The molecule has 0 unspecified atom stereocenters. The Morgan fingerprint density at radius 1 is 0.457 bits per heavy atom. The van der Waals surface area contributed by atoms with Crippen molar-refractivity contribution in [3.8, 4) is 24.7 Å². The number of nitrogens with zero attached hydrogens (tertiary/aromatic N) is 2.